The average Bonchev–Trinajstić information content (AvgIpc) is 2.73. The van der Waals surface area contributed by atoms with Crippen molar-refractivity contribution in [2.24, 2.45) is 5.73 Å². The second-order valence-corrected chi connectivity index (χ2v) is 6.13. The van der Waals surface area contributed by atoms with Crippen LogP contribution in [-0.2, 0) is 16.1 Å². The molecule has 0 saturated carbocycles. The van der Waals surface area contributed by atoms with Crippen LogP contribution in [0.15, 0.2) is 48.5 Å². The first-order chi connectivity index (χ1) is 13.2. The number of morpholine rings is 1. The fraction of sp³-hybridized carbons (Fsp3) is 0.300. The highest BCUT2D eigenvalue weighted by Crippen LogP contribution is 2.24. The SMILES string of the molecule is NCc1ccc(C(=O)Nc2ccccc2OCC(=O)N2CCOCC2)cc1. The van der Waals surface area contributed by atoms with Crippen LogP contribution in [0.2, 0.25) is 0 Å². The van der Waals surface area contributed by atoms with Crippen LogP contribution in [-0.4, -0.2) is 49.6 Å². The summed E-state index contributed by atoms with van der Waals surface area (Å²) in [5.74, 6) is 0.0944. The maximum absolute atomic E-state index is 12.5. The van der Waals surface area contributed by atoms with E-state index in [1.165, 1.54) is 0 Å². The van der Waals surface area contributed by atoms with Crippen molar-refractivity contribution in [1.29, 1.82) is 0 Å². The maximum atomic E-state index is 12.5. The number of para-hydroxylation sites is 2. The molecule has 142 valence electrons. The fourth-order valence-electron chi connectivity index (χ4n) is 2.73. The molecule has 0 bridgehead atoms. The number of nitrogens with one attached hydrogen (secondary N) is 1. The third-order valence-electron chi connectivity index (χ3n) is 4.30. The number of rotatable bonds is 6. The van der Waals surface area contributed by atoms with Gasteiger partial charge in [0.05, 0.1) is 18.9 Å². The summed E-state index contributed by atoms with van der Waals surface area (Å²) in [5, 5.41) is 2.83. The molecule has 2 aromatic carbocycles. The zero-order chi connectivity index (χ0) is 19.1. The zero-order valence-corrected chi connectivity index (χ0v) is 15.0. The molecule has 0 atom stereocenters. The first-order valence-electron chi connectivity index (χ1n) is 8.85. The minimum Gasteiger partial charge on any atom is -0.482 e. The van der Waals surface area contributed by atoms with Gasteiger partial charge in [-0.2, -0.15) is 0 Å². The van der Waals surface area contributed by atoms with E-state index in [0.29, 0.717) is 49.8 Å². The van der Waals surface area contributed by atoms with Gasteiger partial charge in [-0.1, -0.05) is 24.3 Å². The topological polar surface area (TPSA) is 93.9 Å². The van der Waals surface area contributed by atoms with E-state index in [4.69, 9.17) is 15.2 Å². The van der Waals surface area contributed by atoms with Crippen molar-refractivity contribution >= 4 is 17.5 Å². The molecule has 2 aromatic rings. The largest absolute Gasteiger partial charge is 0.482 e. The van der Waals surface area contributed by atoms with Gasteiger partial charge in [0.25, 0.3) is 11.8 Å². The second-order valence-electron chi connectivity index (χ2n) is 6.13. The predicted molar refractivity (Wildman–Crippen MR) is 102 cm³/mol. The predicted octanol–water partition coefficient (Wildman–Crippen LogP) is 1.64. The van der Waals surface area contributed by atoms with Gasteiger partial charge in [-0.3, -0.25) is 9.59 Å². The van der Waals surface area contributed by atoms with Crippen molar-refractivity contribution in [3.05, 3.63) is 59.7 Å². The number of carbonyl (C=O) groups excluding carboxylic acids is 2. The number of anilines is 1. The molecule has 1 saturated heterocycles. The van der Waals surface area contributed by atoms with Gasteiger partial charge in [-0.05, 0) is 29.8 Å². The molecule has 3 rings (SSSR count). The van der Waals surface area contributed by atoms with Crippen LogP contribution >= 0.6 is 0 Å². The van der Waals surface area contributed by atoms with Crippen LogP contribution in [0.1, 0.15) is 15.9 Å². The molecule has 1 fully saturated rings. The van der Waals surface area contributed by atoms with E-state index in [1.807, 2.05) is 12.1 Å². The number of hydrogen-bond donors (Lipinski definition) is 2. The van der Waals surface area contributed by atoms with Gasteiger partial charge in [-0.25, -0.2) is 0 Å². The normalized spacial score (nSPS) is 13.9. The van der Waals surface area contributed by atoms with Crippen molar-refractivity contribution in [3.63, 3.8) is 0 Å². The van der Waals surface area contributed by atoms with Gasteiger partial charge in [0.15, 0.2) is 6.61 Å². The Morgan fingerprint density at radius 1 is 1.07 bits per heavy atom. The van der Waals surface area contributed by atoms with Gasteiger partial charge < -0.3 is 25.4 Å². The monoisotopic (exact) mass is 369 g/mol. The Bertz CT molecular complexity index is 786. The summed E-state index contributed by atoms with van der Waals surface area (Å²) < 4.78 is 10.9. The standard InChI is InChI=1S/C20H23N3O4/c21-13-15-5-7-16(8-6-15)20(25)22-17-3-1-2-4-18(17)27-14-19(24)23-9-11-26-12-10-23/h1-8H,9-14,21H2,(H,22,25). The Balaban J connectivity index is 1.62. The van der Waals surface area contributed by atoms with E-state index in [9.17, 15) is 9.59 Å². The molecule has 7 nitrogen and oxygen atoms in total. The first-order valence-corrected chi connectivity index (χ1v) is 8.85. The van der Waals surface area contributed by atoms with Crippen LogP contribution in [0.4, 0.5) is 5.69 Å². The first kappa shape index (κ1) is 18.9. The lowest BCUT2D eigenvalue weighted by Gasteiger charge is -2.26. The van der Waals surface area contributed by atoms with Crippen LogP contribution in [0.3, 0.4) is 0 Å². The van der Waals surface area contributed by atoms with Crippen molar-refractivity contribution in [2.45, 2.75) is 6.54 Å². The summed E-state index contributed by atoms with van der Waals surface area (Å²) in [6.07, 6.45) is 0. The van der Waals surface area contributed by atoms with Crippen LogP contribution < -0.4 is 15.8 Å². The molecule has 0 aliphatic carbocycles. The highest BCUT2D eigenvalue weighted by molar-refractivity contribution is 6.05. The number of hydrogen-bond acceptors (Lipinski definition) is 5. The molecule has 7 heteroatoms. The summed E-state index contributed by atoms with van der Waals surface area (Å²) in [7, 11) is 0. The van der Waals surface area contributed by atoms with Gasteiger partial charge in [0.1, 0.15) is 5.75 Å². The van der Waals surface area contributed by atoms with E-state index in [1.54, 1.807) is 41.3 Å². The van der Waals surface area contributed by atoms with E-state index in [-0.39, 0.29) is 18.4 Å². The molecular formula is C20H23N3O4. The van der Waals surface area contributed by atoms with Crippen LogP contribution in [0.25, 0.3) is 0 Å². The lowest BCUT2D eigenvalue weighted by molar-refractivity contribution is -0.137. The van der Waals surface area contributed by atoms with Crippen LogP contribution in [0.5, 0.6) is 5.75 Å². The minimum atomic E-state index is -0.255. The molecule has 27 heavy (non-hydrogen) atoms. The summed E-state index contributed by atoms with van der Waals surface area (Å²) >= 11 is 0. The number of amides is 2. The average molecular weight is 369 g/mol. The van der Waals surface area contributed by atoms with Crippen molar-refractivity contribution in [3.8, 4) is 5.75 Å². The van der Waals surface area contributed by atoms with E-state index in [2.05, 4.69) is 5.32 Å². The van der Waals surface area contributed by atoms with Crippen LogP contribution in [0, 0.1) is 0 Å². The van der Waals surface area contributed by atoms with E-state index < -0.39 is 0 Å². The van der Waals surface area contributed by atoms with Gasteiger partial charge >= 0.3 is 0 Å². The highest BCUT2D eigenvalue weighted by Gasteiger charge is 2.18. The van der Waals surface area contributed by atoms with Gasteiger partial charge in [0, 0.05) is 25.2 Å². The Morgan fingerprint density at radius 3 is 2.48 bits per heavy atom. The number of nitrogens with two attached hydrogens (primary N) is 1. The minimum absolute atomic E-state index is 0.0852. The molecule has 2 amide bonds. The molecule has 1 heterocycles. The molecular weight excluding hydrogens is 346 g/mol. The highest BCUT2D eigenvalue weighted by atomic mass is 16.5. The fourth-order valence-corrected chi connectivity index (χ4v) is 2.73. The molecule has 0 spiro atoms. The molecule has 0 aromatic heterocycles. The Labute approximate surface area is 158 Å². The molecule has 1 aliphatic rings. The Kier molecular flexibility index (Phi) is 6.40. The smallest absolute Gasteiger partial charge is 0.260 e. The Morgan fingerprint density at radius 2 is 1.78 bits per heavy atom. The van der Waals surface area contributed by atoms with Crippen molar-refractivity contribution in [1.82, 2.24) is 4.90 Å². The molecule has 1 aliphatic heterocycles. The maximum Gasteiger partial charge on any atom is 0.260 e. The lowest BCUT2D eigenvalue weighted by Crippen LogP contribution is -2.43. The summed E-state index contributed by atoms with van der Waals surface area (Å²) in [4.78, 5) is 26.4. The van der Waals surface area contributed by atoms with Crippen molar-refractivity contribution < 1.29 is 19.1 Å². The number of benzene rings is 2. The second kappa shape index (κ2) is 9.16. The summed E-state index contributed by atoms with van der Waals surface area (Å²) in [5.41, 5.74) is 7.57. The zero-order valence-electron chi connectivity index (χ0n) is 15.0. The third-order valence-corrected chi connectivity index (χ3v) is 4.30. The van der Waals surface area contributed by atoms with Gasteiger partial charge in [0.2, 0.25) is 0 Å². The van der Waals surface area contributed by atoms with Crippen molar-refractivity contribution in [2.75, 3.05) is 38.2 Å². The third kappa shape index (κ3) is 5.06. The number of carbonyl (C=O) groups is 2. The molecule has 0 radical (unpaired) electrons. The summed E-state index contributed by atoms with van der Waals surface area (Å²) in [6, 6.07) is 14.1. The Hall–Kier alpha value is -2.90. The number of nitrogens with zero attached hydrogens (tertiary/aromatic N) is 1. The van der Waals surface area contributed by atoms with E-state index >= 15 is 0 Å². The lowest BCUT2D eigenvalue weighted by atomic mass is 10.1. The van der Waals surface area contributed by atoms with E-state index in [0.717, 1.165) is 5.56 Å². The molecule has 3 N–H and O–H groups in total. The molecule has 0 unspecified atom stereocenters. The number of ether oxygens (including phenoxy) is 2. The van der Waals surface area contributed by atoms with Gasteiger partial charge in [-0.15, -0.1) is 0 Å². The summed E-state index contributed by atoms with van der Waals surface area (Å²) in [6.45, 7) is 2.56. The quantitative estimate of drug-likeness (QED) is 0.807.